The molecule has 1 saturated heterocycles. The maximum Gasteiger partial charge on any atom is 0.122 e. The number of likely N-dealkylation sites (tertiary alicyclic amines) is 1. The van der Waals surface area contributed by atoms with E-state index in [1.54, 1.807) is 0 Å². The van der Waals surface area contributed by atoms with Crippen LogP contribution in [0.15, 0.2) is 12.4 Å². The van der Waals surface area contributed by atoms with Crippen LogP contribution < -0.4 is 0 Å². The molecule has 0 radical (unpaired) electrons. The van der Waals surface area contributed by atoms with Crippen LogP contribution >= 0.6 is 0 Å². The fourth-order valence-corrected chi connectivity index (χ4v) is 3.92. The van der Waals surface area contributed by atoms with Gasteiger partial charge in [-0.2, -0.15) is 0 Å². The Bertz CT molecular complexity index is 403. The highest BCUT2D eigenvalue weighted by molar-refractivity contribution is 4.98. The molecule has 1 aliphatic heterocycles. The van der Waals surface area contributed by atoms with Crippen LogP contribution in [0, 0.1) is 11.8 Å². The van der Waals surface area contributed by atoms with Gasteiger partial charge in [0.2, 0.25) is 0 Å². The van der Waals surface area contributed by atoms with E-state index in [9.17, 15) is 0 Å². The van der Waals surface area contributed by atoms with Gasteiger partial charge < -0.3 is 9.30 Å². The molecule has 3 rings (SSSR count). The van der Waals surface area contributed by atoms with Crippen molar-refractivity contribution in [3.8, 4) is 0 Å². The van der Waals surface area contributed by atoms with E-state index in [4.69, 9.17) is 4.74 Å². The molecule has 4 nitrogen and oxygen atoms in total. The molecule has 1 saturated carbocycles. The first-order valence-electron chi connectivity index (χ1n) is 7.57. The van der Waals surface area contributed by atoms with Gasteiger partial charge in [-0.15, -0.1) is 0 Å². The number of methoxy groups -OCH3 is 1. The van der Waals surface area contributed by atoms with Gasteiger partial charge in [-0.05, 0) is 31.1 Å². The van der Waals surface area contributed by atoms with Crippen LogP contribution in [-0.2, 0) is 17.8 Å². The molecule has 1 unspecified atom stereocenters. The predicted octanol–water partition coefficient (Wildman–Crippen LogP) is 2.15. The summed E-state index contributed by atoms with van der Waals surface area (Å²) in [5.41, 5.74) is 0. The Hall–Kier alpha value is -0.870. The number of fused-ring (bicyclic) bond motifs is 2. The molecule has 1 aromatic heterocycles. The van der Waals surface area contributed by atoms with Gasteiger partial charge in [0.15, 0.2) is 0 Å². The first kappa shape index (κ1) is 13.1. The molecule has 0 amide bonds. The van der Waals surface area contributed by atoms with E-state index >= 15 is 0 Å². The molecule has 19 heavy (non-hydrogen) atoms. The second-order valence-corrected chi connectivity index (χ2v) is 6.03. The summed E-state index contributed by atoms with van der Waals surface area (Å²) in [6.45, 7) is 6.64. The first-order chi connectivity index (χ1) is 9.31. The zero-order valence-corrected chi connectivity index (χ0v) is 12.1. The highest BCUT2D eigenvalue weighted by Crippen LogP contribution is 2.38. The first-order valence-corrected chi connectivity index (χ1v) is 7.57. The number of aromatic nitrogens is 2. The minimum atomic E-state index is 0.506. The maximum atomic E-state index is 5.68. The van der Waals surface area contributed by atoms with Crippen LogP contribution in [0.2, 0.25) is 0 Å². The average molecular weight is 263 g/mol. The SMILES string of the molecule is CCCn1ccnc1CN1C[C@H]2CC[C@@H](C1)C2OC. The van der Waals surface area contributed by atoms with Crippen molar-refractivity contribution in [3.63, 3.8) is 0 Å². The lowest BCUT2D eigenvalue weighted by Crippen LogP contribution is -2.45. The quantitative estimate of drug-likeness (QED) is 0.815. The van der Waals surface area contributed by atoms with Gasteiger partial charge >= 0.3 is 0 Å². The van der Waals surface area contributed by atoms with Crippen molar-refractivity contribution in [1.82, 2.24) is 14.5 Å². The third kappa shape index (κ3) is 2.56. The van der Waals surface area contributed by atoms with E-state index in [0.717, 1.165) is 24.9 Å². The van der Waals surface area contributed by atoms with E-state index in [1.165, 1.54) is 38.2 Å². The van der Waals surface area contributed by atoms with Crippen LogP contribution in [0.1, 0.15) is 32.0 Å². The van der Waals surface area contributed by atoms with E-state index in [-0.39, 0.29) is 0 Å². The summed E-state index contributed by atoms with van der Waals surface area (Å²) in [4.78, 5) is 7.10. The van der Waals surface area contributed by atoms with Crippen molar-refractivity contribution in [3.05, 3.63) is 18.2 Å². The lowest BCUT2D eigenvalue weighted by atomic mass is 9.95. The topological polar surface area (TPSA) is 30.3 Å². The molecule has 2 bridgehead atoms. The van der Waals surface area contributed by atoms with E-state index in [1.807, 2.05) is 13.3 Å². The van der Waals surface area contributed by atoms with Crippen molar-refractivity contribution in [2.24, 2.45) is 11.8 Å². The summed E-state index contributed by atoms with van der Waals surface area (Å²) in [6.07, 6.45) is 8.38. The molecule has 3 atom stereocenters. The van der Waals surface area contributed by atoms with Gasteiger partial charge in [-0.1, -0.05) is 6.92 Å². The van der Waals surface area contributed by atoms with Crippen LogP contribution in [0.25, 0.3) is 0 Å². The molecule has 4 heteroatoms. The van der Waals surface area contributed by atoms with Crippen molar-refractivity contribution in [2.75, 3.05) is 20.2 Å². The Balaban J connectivity index is 1.64. The monoisotopic (exact) mass is 263 g/mol. The number of aryl methyl sites for hydroxylation is 1. The molecule has 1 aromatic rings. The Kier molecular flexibility index (Phi) is 3.89. The van der Waals surface area contributed by atoms with Gasteiger partial charge in [0.05, 0.1) is 12.6 Å². The normalized spacial score (nSPS) is 30.9. The summed E-state index contributed by atoms with van der Waals surface area (Å²) >= 11 is 0. The number of rotatable bonds is 5. The molecule has 0 N–H and O–H groups in total. The zero-order valence-electron chi connectivity index (χ0n) is 12.1. The van der Waals surface area contributed by atoms with Gasteiger partial charge in [-0.3, -0.25) is 4.90 Å². The van der Waals surface area contributed by atoms with Crippen molar-refractivity contribution in [2.45, 2.75) is 45.4 Å². The standard InChI is InChI=1S/C15H25N3O/c1-3-7-18-8-6-16-14(18)11-17-9-12-4-5-13(10-17)15(12)19-2/h6,8,12-13,15H,3-5,7,9-11H2,1-2H3/t12-,13+,15?. The minimum Gasteiger partial charge on any atom is -0.381 e. The number of ether oxygens (including phenoxy) is 1. The van der Waals surface area contributed by atoms with E-state index in [0.29, 0.717) is 6.10 Å². The summed E-state index contributed by atoms with van der Waals surface area (Å²) < 4.78 is 7.97. The fourth-order valence-electron chi connectivity index (χ4n) is 3.92. The van der Waals surface area contributed by atoms with Crippen LogP contribution in [0.4, 0.5) is 0 Å². The fraction of sp³-hybridized carbons (Fsp3) is 0.800. The molecule has 0 spiro atoms. The summed E-state index contributed by atoms with van der Waals surface area (Å²) in [5.74, 6) is 2.69. The maximum absolute atomic E-state index is 5.68. The third-order valence-corrected chi connectivity index (χ3v) is 4.73. The van der Waals surface area contributed by atoms with Gasteiger partial charge in [-0.25, -0.2) is 4.98 Å². The third-order valence-electron chi connectivity index (χ3n) is 4.73. The lowest BCUT2D eigenvalue weighted by Gasteiger charge is -2.37. The summed E-state index contributed by atoms with van der Waals surface area (Å²) in [6, 6.07) is 0. The molecular formula is C15H25N3O. The number of nitrogens with zero attached hydrogens (tertiary/aromatic N) is 3. The molecule has 0 aromatic carbocycles. The highest BCUT2D eigenvalue weighted by Gasteiger charge is 2.42. The molecule has 2 heterocycles. The van der Waals surface area contributed by atoms with Crippen molar-refractivity contribution in [1.29, 1.82) is 0 Å². The molecule has 2 fully saturated rings. The smallest absolute Gasteiger partial charge is 0.122 e. The summed E-state index contributed by atoms with van der Waals surface area (Å²) in [7, 11) is 1.87. The second-order valence-electron chi connectivity index (χ2n) is 6.03. The highest BCUT2D eigenvalue weighted by atomic mass is 16.5. The largest absolute Gasteiger partial charge is 0.381 e. The van der Waals surface area contributed by atoms with Gasteiger partial charge in [0, 0.05) is 39.1 Å². The minimum absolute atomic E-state index is 0.506. The number of hydrogen-bond acceptors (Lipinski definition) is 3. The number of hydrogen-bond donors (Lipinski definition) is 0. The molecule has 1 aliphatic carbocycles. The Morgan fingerprint density at radius 3 is 2.68 bits per heavy atom. The van der Waals surface area contributed by atoms with Crippen LogP contribution in [-0.4, -0.2) is 40.8 Å². The molecular weight excluding hydrogens is 238 g/mol. The van der Waals surface area contributed by atoms with E-state index < -0.39 is 0 Å². The van der Waals surface area contributed by atoms with Crippen molar-refractivity contribution >= 4 is 0 Å². The number of piperidine rings is 1. The Morgan fingerprint density at radius 1 is 1.32 bits per heavy atom. The average Bonchev–Trinajstić information content (AvgIpc) is 2.93. The van der Waals surface area contributed by atoms with Crippen molar-refractivity contribution < 1.29 is 4.74 Å². The Labute approximate surface area is 115 Å². The Morgan fingerprint density at radius 2 is 2.05 bits per heavy atom. The summed E-state index contributed by atoms with van der Waals surface area (Å²) in [5, 5.41) is 0. The van der Waals surface area contributed by atoms with Gasteiger partial charge in [0.25, 0.3) is 0 Å². The predicted molar refractivity (Wildman–Crippen MR) is 74.8 cm³/mol. The van der Waals surface area contributed by atoms with Gasteiger partial charge in [0.1, 0.15) is 5.82 Å². The molecule has 2 aliphatic rings. The lowest BCUT2D eigenvalue weighted by molar-refractivity contribution is -0.0188. The van der Waals surface area contributed by atoms with E-state index in [2.05, 4.69) is 27.6 Å². The van der Waals surface area contributed by atoms with Crippen LogP contribution in [0.3, 0.4) is 0 Å². The second kappa shape index (κ2) is 5.63. The van der Waals surface area contributed by atoms with Crippen LogP contribution in [0.5, 0.6) is 0 Å². The number of imidazole rings is 1. The zero-order chi connectivity index (χ0) is 13.2. The molecule has 106 valence electrons.